The minimum Gasteiger partial charge on any atom is -0.508 e. The van der Waals surface area contributed by atoms with Gasteiger partial charge in [-0.2, -0.15) is 18.7 Å². The Kier molecular flexibility index (Phi) is 5.96. The van der Waals surface area contributed by atoms with Gasteiger partial charge in [0.2, 0.25) is 0 Å². The Bertz CT molecular complexity index is 1520. The summed E-state index contributed by atoms with van der Waals surface area (Å²) in [5.74, 6) is -4.28. The van der Waals surface area contributed by atoms with E-state index in [1.165, 1.54) is 18.3 Å². The van der Waals surface area contributed by atoms with Crippen molar-refractivity contribution in [3.63, 3.8) is 0 Å². The van der Waals surface area contributed by atoms with Crippen molar-refractivity contribution >= 4 is 27.5 Å². The molecule has 1 saturated carbocycles. The average molecular weight is 530 g/mol. The third kappa shape index (κ3) is 4.33. The summed E-state index contributed by atoms with van der Waals surface area (Å²) < 4.78 is 73.7. The number of piperidine rings is 1. The fourth-order valence-electron chi connectivity index (χ4n) is 5.61. The quantitative estimate of drug-likeness (QED) is 0.299. The number of aromatic nitrogens is 3. The lowest BCUT2D eigenvalue weighted by Gasteiger charge is -2.33. The number of ether oxygens (including phenoxy) is 1. The Balaban J connectivity index is 1.50. The lowest BCUT2D eigenvalue weighted by Crippen LogP contribution is -2.37. The molecular formula is C27H23F5N4O2. The van der Waals surface area contributed by atoms with Gasteiger partial charge in [0.1, 0.15) is 22.8 Å². The first-order chi connectivity index (χ1) is 18.2. The van der Waals surface area contributed by atoms with Gasteiger partial charge in [0.25, 0.3) is 0 Å². The van der Waals surface area contributed by atoms with Crippen molar-refractivity contribution in [1.29, 1.82) is 0 Å². The molecule has 1 aliphatic carbocycles. The summed E-state index contributed by atoms with van der Waals surface area (Å²) in [6.45, 7) is -0.386. The second-order valence-corrected chi connectivity index (χ2v) is 10.0. The summed E-state index contributed by atoms with van der Waals surface area (Å²) in [5, 5.41) is 11.8. The highest BCUT2D eigenvalue weighted by atomic mass is 19.3. The largest absolute Gasteiger partial charge is 0.508 e. The maximum absolute atomic E-state index is 16.1. The van der Waals surface area contributed by atoms with Crippen LogP contribution in [0.4, 0.5) is 27.8 Å². The van der Waals surface area contributed by atoms with Gasteiger partial charge in [-0.25, -0.2) is 13.2 Å². The van der Waals surface area contributed by atoms with Crippen molar-refractivity contribution in [2.45, 2.75) is 31.6 Å². The van der Waals surface area contributed by atoms with Gasteiger partial charge in [-0.3, -0.25) is 4.98 Å². The number of hydrogen-bond acceptors (Lipinski definition) is 6. The van der Waals surface area contributed by atoms with Gasteiger partial charge in [-0.1, -0.05) is 24.3 Å². The van der Waals surface area contributed by atoms with Gasteiger partial charge in [-0.05, 0) is 54.0 Å². The van der Waals surface area contributed by atoms with Crippen molar-refractivity contribution in [2.75, 3.05) is 24.6 Å². The van der Waals surface area contributed by atoms with Gasteiger partial charge in [-0.15, -0.1) is 0 Å². The maximum Gasteiger partial charge on any atom is 0.340 e. The monoisotopic (exact) mass is 530 g/mol. The van der Waals surface area contributed by atoms with Crippen molar-refractivity contribution in [1.82, 2.24) is 15.0 Å². The molecule has 3 heterocycles. The number of aromatic hydroxyl groups is 1. The lowest BCUT2D eigenvalue weighted by molar-refractivity contribution is -0.149. The second kappa shape index (κ2) is 9.21. The molecule has 1 N–H and O–H groups in total. The fraction of sp³-hybridized carbons (Fsp3) is 0.370. The Hall–Kier alpha value is -3.76. The molecule has 2 aliphatic rings. The van der Waals surface area contributed by atoms with Crippen LogP contribution in [0.25, 0.3) is 32.9 Å². The van der Waals surface area contributed by atoms with Crippen LogP contribution in [0.1, 0.15) is 19.3 Å². The standard InChI is InChI=1S/C27H23F5N4O2/c28-21-22(19-9-17(37)8-16-3-1-2-4-18(16)19)33-10-20-23(21)34-26(38-13-27(31,32)25(29)30)35-24(20)36-11-14-5-6-15(7-14)12-36/h1-4,8-10,14-15,25,37H,5-7,11-13H2. The smallest absolute Gasteiger partial charge is 0.340 e. The first kappa shape index (κ1) is 24.6. The van der Waals surface area contributed by atoms with Crippen molar-refractivity contribution in [3.05, 3.63) is 48.4 Å². The molecule has 2 atom stereocenters. The van der Waals surface area contributed by atoms with Crippen molar-refractivity contribution in [2.24, 2.45) is 11.8 Å². The van der Waals surface area contributed by atoms with Crippen LogP contribution in [0, 0.1) is 17.7 Å². The zero-order valence-electron chi connectivity index (χ0n) is 20.1. The molecule has 0 amide bonds. The molecule has 2 fully saturated rings. The van der Waals surface area contributed by atoms with Crippen LogP contribution in [0.3, 0.4) is 0 Å². The SMILES string of the molecule is Oc1cc(-c2ncc3c(N4CC5CCC(C5)C4)nc(OCC(F)(F)C(F)F)nc3c2F)c2ccccc2c1. The van der Waals surface area contributed by atoms with E-state index < -0.39 is 30.8 Å². The number of fused-ring (bicyclic) bond motifs is 4. The van der Waals surface area contributed by atoms with E-state index in [2.05, 4.69) is 15.0 Å². The van der Waals surface area contributed by atoms with E-state index in [0.717, 1.165) is 19.3 Å². The molecule has 11 heteroatoms. The fourth-order valence-corrected chi connectivity index (χ4v) is 5.61. The Labute approximate surface area is 214 Å². The molecule has 2 aromatic heterocycles. The lowest BCUT2D eigenvalue weighted by atomic mass is 9.98. The third-order valence-corrected chi connectivity index (χ3v) is 7.36. The molecule has 1 aliphatic heterocycles. The van der Waals surface area contributed by atoms with Gasteiger partial charge < -0.3 is 14.7 Å². The summed E-state index contributed by atoms with van der Waals surface area (Å²) in [7, 11) is 0. The van der Waals surface area contributed by atoms with Crippen LogP contribution in [-0.2, 0) is 0 Å². The predicted octanol–water partition coefficient (Wildman–Crippen LogP) is 6.21. The van der Waals surface area contributed by atoms with Gasteiger partial charge in [0.15, 0.2) is 12.4 Å². The molecule has 6 rings (SSSR count). The Morgan fingerprint density at radius 3 is 2.53 bits per heavy atom. The predicted molar refractivity (Wildman–Crippen MR) is 131 cm³/mol. The molecule has 0 spiro atoms. The summed E-state index contributed by atoms with van der Waals surface area (Å²) >= 11 is 0. The molecule has 2 aromatic carbocycles. The van der Waals surface area contributed by atoms with Crippen molar-refractivity contribution in [3.8, 4) is 23.0 Å². The number of rotatable bonds is 6. The zero-order valence-corrected chi connectivity index (χ0v) is 20.1. The second-order valence-electron chi connectivity index (χ2n) is 10.0. The van der Waals surface area contributed by atoms with E-state index in [-0.39, 0.29) is 28.2 Å². The number of hydrogen-bond donors (Lipinski definition) is 1. The van der Waals surface area contributed by atoms with Crippen LogP contribution in [0.15, 0.2) is 42.6 Å². The highest BCUT2D eigenvalue weighted by molar-refractivity contribution is 5.99. The Morgan fingerprint density at radius 2 is 1.79 bits per heavy atom. The number of benzene rings is 2. The Morgan fingerprint density at radius 1 is 1.05 bits per heavy atom. The zero-order chi connectivity index (χ0) is 26.6. The van der Waals surface area contributed by atoms with Crippen molar-refractivity contribution < 1.29 is 31.8 Å². The number of phenolic OH excluding ortho intramolecular Hbond substituents is 1. The van der Waals surface area contributed by atoms with E-state index in [9.17, 15) is 22.7 Å². The minimum absolute atomic E-state index is 0.0922. The van der Waals surface area contributed by atoms with Crippen LogP contribution in [-0.4, -0.2) is 52.1 Å². The summed E-state index contributed by atoms with van der Waals surface area (Å²) in [6.07, 6.45) is 0.651. The van der Waals surface area contributed by atoms with Gasteiger partial charge >= 0.3 is 18.4 Å². The summed E-state index contributed by atoms with van der Waals surface area (Å²) in [6, 6.07) is 9.36. The van der Waals surface area contributed by atoms with E-state index >= 15 is 4.39 Å². The molecule has 198 valence electrons. The van der Waals surface area contributed by atoms with Gasteiger partial charge in [0.05, 0.1) is 5.39 Å². The highest BCUT2D eigenvalue weighted by Crippen LogP contribution is 2.41. The topological polar surface area (TPSA) is 71.4 Å². The van der Waals surface area contributed by atoms with Gasteiger partial charge in [0, 0.05) is 24.8 Å². The van der Waals surface area contributed by atoms with Crippen LogP contribution >= 0.6 is 0 Å². The maximum atomic E-state index is 16.1. The number of anilines is 1. The normalized spacial score (nSPS) is 19.6. The summed E-state index contributed by atoms with van der Waals surface area (Å²) in [5.41, 5.74) is -0.0413. The first-order valence-electron chi connectivity index (χ1n) is 12.3. The molecule has 0 radical (unpaired) electrons. The number of nitrogens with zero attached hydrogens (tertiary/aromatic N) is 4. The highest BCUT2D eigenvalue weighted by Gasteiger charge is 2.42. The molecule has 6 nitrogen and oxygen atoms in total. The van der Waals surface area contributed by atoms with Crippen LogP contribution in [0.5, 0.6) is 11.8 Å². The van der Waals surface area contributed by atoms with E-state index in [4.69, 9.17) is 4.74 Å². The third-order valence-electron chi connectivity index (χ3n) is 7.36. The first-order valence-corrected chi connectivity index (χ1v) is 12.3. The molecule has 38 heavy (non-hydrogen) atoms. The molecule has 2 bridgehead atoms. The van der Waals surface area contributed by atoms with E-state index in [1.807, 2.05) is 4.90 Å². The minimum atomic E-state index is -4.43. The number of alkyl halides is 4. The van der Waals surface area contributed by atoms with E-state index in [1.54, 1.807) is 24.3 Å². The molecular weight excluding hydrogens is 507 g/mol. The number of pyridine rings is 1. The number of phenols is 1. The van der Waals surface area contributed by atoms with Crippen LogP contribution < -0.4 is 9.64 Å². The van der Waals surface area contributed by atoms with E-state index in [0.29, 0.717) is 41.3 Å². The average Bonchev–Trinajstić information content (AvgIpc) is 3.24. The molecule has 2 unspecified atom stereocenters. The summed E-state index contributed by atoms with van der Waals surface area (Å²) in [4.78, 5) is 14.6. The number of halogens is 5. The molecule has 1 saturated heterocycles. The molecule has 4 aromatic rings. The van der Waals surface area contributed by atoms with Crippen LogP contribution in [0.2, 0.25) is 0 Å².